The van der Waals surface area contributed by atoms with Crippen LogP contribution in [0.1, 0.15) is 6.92 Å². The summed E-state index contributed by atoms with van der Waals surface area (Å²) in [5.41, 5.74) is -0.602. The molecule has 0 aliphatic heterocycles. The Labute approximate surface area is 51.4 Å². The van der Waals surface area contributed by atoms with Gasteiger partial charge in [-0.05, 0) is 6.92 Å². The highest BCUT2D eigenvalue weighted by Gasteiger charge is 2.11. The van der Waals surface area contributed by atoms with Crippen LogP contribution < -0.4 is 0 Å². The lowest BCUT2D eigenvalue weighted by atomic mass is 10.2. The summed E-state index contributed by atoms with van der Waals surface area (Å²) in [5, 5.41) is 16.2. The summed E-state index contributed by atoms with van der Waals surface area (Å²) in [6.45, 7) is 1.07. The van der Waals surface area contributed by atoms with E-state index in [1.807, 2.05) is 0 Å². The molecule has 0 spiro atoms. The molecule has 0 amide bonds. The largest absolute Gasteiger partial charge is 0.515 e. The molecule has 9 heavy (non-hydrogen) atoms. The maximum absolute atomic E-state index is 10.2. The van der Waals surface area contributed by atoms with Crippen LogP contribution in [0, 0.1) is 0 Å². The number of hydrogen-bond acceptors (Lipinski definition) is 3. The molecule has 0 bridgehead atoms. The number of ketones is 1. The first-order valence-corrected chi connectivity index (χ1v) is 2.18. The first-order valence-electron chi connectivity index (χ1n) is 2.18. The van der Waals surface area contributed by atoms with Crippen molar-refractivity contribution >= 4 is 11.8 Å². The van der Waals surface area contributed by atoms with E-state index in [0.717, 1.165) is 6.92 Å². The van der Waals surface area contributed by atoms with Crippen molar-refractivity contribution in [2.24, 2.45) is 0 Å². The van der Waals surface area contributed by atoms with E-state index in [1.165, 1.54) is 0 Å². The summed E-state index contributed by atoms with van der Waals surface area (Å²) < 4.78 is 0. The zero-order valence-electron chi connectivity index (χ0n) is 4.79. The van der Waals surface area contributed by atoms with E-state index in [1.54, 1.807) is 0 Å². The number of carbonyl (C=O) groups excluding carboxylic acids is 1. The number of hydrogen-bond donors (Lipinski definition) is 2. The Kier molecular flexibility index (Phi) is 2.44. The molecule has 0 aliphatic rings. The molecule has 0 aromatic rings. The van der Waals surface area contributed by atoms with Crippen LogP contribution in [0.25, 0.3) is 0 Å². The molecule has 0 heterocycles. The summed E-state index contributed by atoms with van der Waals surface area (Å²) in [6.07, 6.45) is 0.282. The molecule has 0 aromatic heterocycles. The fourth-order valence-corrected chi connectivity index (χ4v) is 0.297. The summed E-state index contributed by atoms with van der Waals surface area (Å²) >= 11 is 0. The fourth-order valence-electron chi connectivity index (χ4n) is 0.297. The van der Waals surface area contributed by atoms with E-state index in [9.17, 15) is 9.59 Å². The predicted molar refractivity (Wildman–Crippen MR) is 29.0 cm³/mol. The molecule has 50 valence electrons. The van der Waals surface area contributed by atoms with Gasteiger partial charge in [0.2, 0.25) is 0 Å². The SMILES string of the molecule is CC(=O)C(=CO)C(=O)O. The fraction of sp³-hybridized carbons (Fsp3) is 0.200. The van der Waals surface area contributed by atoms with Gasteiger partial charge in [0.25, 0.3) is 0 Å². The highest BCUT2D eigenvalue weighted by molar-refractivity contribution is 6.15. The Morgan fingerprint density at radius 3 is 1.89 bits per heavy atom. The third kappa shape index (κ3) is 1.94. The summed E-state index contributed by atoms with van der Waals surface area (Å²) in [5.74, 6) is -2.07. The van der Waals surface area contributed by atoms with Gasteiger partial charge in [0, 0.05) is 0 Å². The van der Waals surface area contributed by atoms with Crippen molar-refractivity contribution < 1.29 is 19.8 Å². The normalized spacial score (nSPS) is 11.0. The standard InChI is InChI=1S/C5H6O4/c1-3(7)4(2-6)5(8)9/h2,6H,1H3,(H,8,9). The van der Waals surface area contributed by atoms with E-state index in [2.05, 4.69) is 0 Å². The second-order valence-corrected chi connectivity index (χ2v) is 1.40. The van der Waals surface area contributed by atoms with Crippen LogP contribution in [-0.2, 0) is 9.59 Å². The number of rotatable bonds is 2. The smallest absolute Gasteiger partial charge is 0.342 e. The van der Waals surface area contributed by atoms with Crippen molar-refractivity contribution in [1.82, 2.24) is 0 Å². The monoisotopic (exact) mass is 130 g/mol. The number of Topliss-reactive ketones (excluding diaryl/α,β-unsaturated/α-hetero) is 1. The summed E-state index contributed by atoms with van der Waals surface area (Å²) in [7, 11) is 0. The molecule has 2 N–H and O–H groups in total. The number of carboxylic acids is 1. The highest BCUT2D eigenvalue weighted by atomic mass is 16.4. The lowest BCUT2D eigenvalue weighted by Crippen LogP contribution is -2.08. The highest BCUT2D eigenvalue weighted by Crippen LogP contribution is 1.92. The van der Waals surface area contributed by atoms with Crippen molar-refractivity contribution in [3.63, 3.8) is 0 Å². The number of aliphatic hydroxyl groups is 1. The lowest BCUT2D eigenvalue weighted by molar-refractivity contribution is -0.134. The predicted octanol–water partition coefficient (Wildman–Crippen LogP) is 0.102. The number of carbonyl (C=O) groups is 2. The van der Waals surface area contributed by atoms with Crippen LogP contribution >= 0.6 is 0 Å². The molecule has 4 heteroatoms. The minimum atomic E-state index is -1.41. The third-order valence-corrected chi connectivity index (χ3v) is 0.739. The Morgan fingerprint density at radius 2 is 1.89 bits per heavy atom. The van der Waals surface area contributed by atoms with Gasteiger partial charge in [0.15, 0.2) is 5.78 Å². The average molecular weight is 130 g/mol. The maximum atomic E-state index is 10.2. The van der Waals surface area contributed by atoms with Crippen molar-refractivity contribution in [3.8, 4) is 0 Å². The average Bonchev–Trinajstić information content (AvgIpc) is 1.64. The molecule has 0 atom stereocenters. The van der Waals surface area contributed by atoms with Gasteiger partial charge < -0.3 is 10.2 Å². The van der Waals surface area contributed by atoms with Crippen molar-refractivity contribution in [2.75, 3.05) is 0 Å². The van der Waals surface area contributed by atoms with E-state index in [4.69, 9.17) is 10.2 Å². The molecule has 0 saturated carbocycles. The molecule has 0 radical (unpaired) electrons. The van der Waals surface area contributed by atoms with Gasteiger partial charge in [-0.1, -0.05) is 0 Å². The first-order chi connectivity index (χ1) is 4.09. The Balaban J connectivity index is 4.38. The molecule has 4 nitrogen and oxygen atoms in total. The van der Waals surface area contributed by atoms with Crippen LogP contribution in [0.2, 0.25) is 0 Å². The molecule has 0 aromatic carbocycles. The minimum Gasteiger partial charge on any atom is -0.515 e. The van der Waals surface area contributed by atoms with Crippen LogP contribution in [-0.4, -0.2) is 22.0 Å². The van der Waals surface area contributed by atoms with E-state index >= 15 is 0 Å². The Hall–Kier alpha value is -1.32. The summed E-state index contributed by atoms with van der Waals surface area (Å²) in [6, 6.07) is 0. The zero-order valence-corrected chi connectivity index (χ0v) is 4.79. The van der Waals surface area contributed by atoms with Gasteiger partial charge in [-0.25, -0.2) is 4.79 Å². The van der Waals surface area contributed by atoms with Crippen molar-refractivity contribution in [1.29, 1.82) is 0 Å². The Morgan fingerprint density at radius 1 is 1.44 bits per heavy atom. The Bertz CT molecular complexity index is 152. The molecule has 0 saturated heterocycles. The van der Waals surface area contributed by atoms with Gasteiger partial charge in [-0.15, -0.1) is 0 Å². The van der Waals surface area contributed by atoms with E-state index in [-0.39, 0.29) is 6.26 Å². The van der Waals surface area contributed by atoms with Crippen molar-refractivity contribution in [2.45, 2.75) is 6.92 Å². The molecule has 0 aliphatic carbocycles. The molecular formula is C5H6O4. The van der Waals surface area contributed by atoms with Crippen LogP contribution in [0.5, 0.6) is 0 Å². The van der Waals surface area contributed by atoms with Crippen LogP contribution in [0.4, 0.5) is 0 Å². The van der Waals surface area contributed by atoms with Gasteiger partial charge in [-0.3, -0.25) is 4.79 Å². The number of aliphatic carboxylic acids is 1. The lowest BCUT2D eigenvalue weighted by Gasteiger charge is -1.89. The van der Waals surface area contributed by atoms with Crippen LogP contribution in [0.15, 0.2) is 11.8 Å². The third-order valence-electron chi connectivity index (χ3n) is 0.739. The zero-order chi connectivity index (χ0) is 7.44. The first kappa shape index (κ1) is 7.68. The van der Waals surface area contributed by atoms with Crippen molar-refractivity contribution in [3.05, 3.63) is 11.8 Å². The number of aliphatic hydroxyl groups excluding tert-OH is 1. The van der Waals surface area contributed by atoms with Gasteiger partial charge >= 0.3 is 5.97 Å². The van der Waals surface area contributed by atoms with E-state index < -0.39 is 17.3 Å². The molecule has 0 fully saturated rings. The van der Waals surface area contributed by atoms with E-state index in [0.29, 0.717) is 0 Å². The molecule has 0 unspecified atom stereocenters. The van der Waals surface area contributed by atoms with Gasteiger partial charge in [0.1, 0.15) is 5.57 Å². The minimum absolute atomic E-state index is 0.282. The van der Waals surface area contributed by atoms with Crippen LogP contribution in [0.3, 0.4) is 0 Å². The second kappa shape index (κ2) is 2.86. The quantitative estimate of drug-likeness (QED) is 0.240. The van der Waals surface area contributed by atoms with Gasteiger partial charge in [-0.2, -0.15) is 0 Å². The summed E-state index contributed by atoms with van der Waals surface area (Å²) in [4.78, 5) is 20.1. The second-order valence-electron chi connectivity index (χ2n) is 1.40. The number of carboxylic acid groups (broad SMARTS) is 1. The topological polar surface area (TPSA) is 74.6 Å². The van der Waals surface area contributed by atoms with Gasteiger partial charge in [0.05, 0.1) is 6.26 Å². The maximum Gasteiger partial charge on any atom is 0.342 e. The molecular weight excluding hydrogens is 124 g/mol. The molecule has 0 rings (SSSR count).